The van der Waals surface area contributed by atoms with Gasteiger partial charge in [-0.1, -0.05) is 60.7 Å². The lowest BCUT2D eigenvalue weighted by atomic mass is 10.0. The van der Waals surface area contributed by atoms with E-state index in [0.29, 0.717) is 0 Å². The first-order chi connectivity index (χ1) is 11.6. The summed E-state index contributed by atoms with van der Waals surface area (Å²) in [4.78, 5) is 13.2. The molecule has 126 valence electrons. The predicted molar refractivity (Wildman–Crippen MR) is 103 cm³/mol. The molecular weight excluding hydrogens is 310 g/mol. The number of aromatic nitrogens is 1. The van der Waals surface area contributed by atoms with Crippen molar-refractivity contribution in [2.45, 2.75) is 19.5 Å². The second kappa shape index (κ2) is 6.49. The summed E-state index contributed by atoms with van der Waals surface area (Å²) in [5, 5.41) is 0. The van der Waals surface area contributed by atoms with Crippen LogP contribution >= 0.6 is 0 Å². The first-order valence-electron chi connectivity index (χ1n) is 8.13. The Morgan fingerprint density at radius 1 is 0.640 bits per heavy atom. The summed E-state index contributed by atoms with van der Waals surface area (Å²) in [7, 11) is 0. The highest BCUT2D eigenvalue weighted by Gasteiger charge is 2.29. The molecule has 0 radical (unpaired) electrons. The van der Waals surface area contributed by atoms with Crippen LogP contribution in [-0.2, 0) is 0 Å². The van der Waals surface area contributed by atoms with Crippen molar-refractivity contribution in [1.29, 1.82) is 0 Å². The Balaban J connectivity index is 0.00000182. The number of nitrogens with one attached hydrogen (secondary N) is 1. The van der Waals surface area contributed by atoms with E-state index in [4.69, 9.17) is 9.98 Å². The number of benzene rings is 2. The van der Waals surface area contributed by atoms with E-state index >= 15 is 0 Å². The largest absolute Gasteiger partial charge is 0.412 e. The zero-order chi connectivity index (χ0) is 16.6. The Hall–Kier alpha value is -2.98. The van der Waals surface area contributed by atoms with E-state index in [9.17, 15) is 0 Å². The summed E-state index contributed by atoms with van der Waals surface area (Å²) in [5.74, 6) is 0. The predicted octanol–water partition coefficient (Wildman–Crippen LogP) is 3.89. The van der Waals surface area contributed by atoms with Gasteiger partial charge < -0.3 is 10.5 Å². The number of rotatable bonds is 3. The minimum absolute atomic E-state index is 0. The van der Waals surface area contributed by atoms with Gasteiger partial charge in [0.05, 0.1) is 11.4 Å². The van der Waals surface area contributed by atoms with Crippen LogP contribution < -0.4 is 0 Å². The van der Waals surface area contributed by atoms with Crippen LogP contribution in [-0.4, -0.2) is 27.5 Å². The van der Waals surface area contributed by atoms with Crippen molar-refractivity contribution in [2.24, 2.45) is 9.98 Å². The third kappa shape index (κ3) is 3.30. The van der Waals surface area contributed by atoms with Crippen LogP contribution in [0, 0.1) is 0 Å². The number of hydrogen-bond acceptors (Lipinski definition) is 2. The van der Waals surface area contributed by atoms with Gasteiger partial charge in [0.1, 0.15) is 11.4 Å². The number of H-pyrrole nitrogens is 1. The van der Waals surface area contributed by atoms with Crippen LogP contribution in [0.15, 0.2) is 82.8 Å². The Labute approximate surface area is 147 Å². The molecule has 25 heavy (non-hydrogen) atoms. The zero-order valence-electron chi connectivity index (χ0n) is 14.3. The highest BCUT2D eigenvalue weighted by molar-refractivity contribution is 6.54. The van der Waals surface area contributed by atoms with Crippen LogP contribution in [0.2, 0.25) is 0 Å². The Bertz CT molecular complexity index is 922. The first kappa shape index (κ1) is 16.9. The maximum atomic E-state index is 4.84. The van der Waals surface area contributed by atoms with Crippen LogP contribution in [0.1, 0.15) is 25.1 Å². The van der Waals surface area contributed by atoms with Crippen molar-refractivity contribution in [3.8, 4) is 11.3 Å². The van der Waals surface area contributed by atoms with Gasteiger partial charge in [-0.25, -0.2) is 0 Å². The molecule has 4 nitrogen and oxygen atoms in total. The van der Waals surface area contributed by atoms with E-state index in [1.54, 1.807) is 0 Å². The average Bonchev–Trinajstić information content (AvgIpc) is 3.21. The van der Waals surface area contributed by atoms with E-state index in [0.717, 1.165) is 28.4 Å². The van der Waals surface area contributed by atoms with Crippen molar-refractivity contribution < 1.29 is 5.48 Å². The third-order valence-electron chi connectivity index (χ3n) is 4.07. The van der Waals surface area contributed by atoms with Crippen LogP contribution in [0.4, 0.5) is 0 Å². The molecule has 4 heteroatoms. The molecule has 1 aliphatic rings. The maximum absolute atomic E-state index is 4.84. The van der Waals surface area contributed by atoms with Crippen molar-refractivity contribution in [3.63, 3.8) is 0 Å². The summed E-state index contributed by atoms with van der Waals surface area (Å²) in [6.07, 6.45) is 0. The van der Waals surface area contributed by atoms with Gasteiger partial charge in [-0.15, -0.1) is 0 Å². The molecule has 0 saturated heterocycles. The molecule has 0 unspecified atom stereocenters. The van der Waals surface area contributed by atoms with E-state index in [2.05, 4.69) is 41.4 Å². The van der Waals surface area contributed by atoms with E-state index < -0.39 is 5.66 Å². The van der Waals surface area contributed by atoms with Gasteiger partial charge in [0.15, 0.2) is 0 Å². The van der Waals surface area contributed by atoms with Gasteiger partial charge in [-0.2, -0.15) is 0 Å². The number of aliphatic imine (C=N–C) groups is 2. The molecule has 0 spiro atoms. The van der Waals surface area contributed by atoms with Gasteiger partial charge in [-0.3, -0.25) is 9.98 Å². The van der Waals surface area contributed by atoms with Crippen molar-refractivity contribution in [2.75, 3.05) is 0 Å². The number of nitrogens with zero attached hydrogens (tertiary/aromatic N) is 2. The van der Waals surface area contributed by atoms with E-state index in [1.165, 1.54) is 5.56 Å². The van der Waals surface area contributed by atoms with Gasteiger partial charge in [0.2, 0.25) is 0 Å². The van der Waals surface area contributed by atoms with Gasteiger partial charge in [0.25, 0.3) is 0 Å². The zero-order valence-corrected chi connectivity index (χ0v) is 14.3. The second-order valence-electron chi connectivity index (χ2n) is 6.43. The molecule has 2 heterocycles. The van der Waals surface area contributed by atoms with Crippen LogP contribution in [0.25, 0.3) is 11.3 Å². The molecule has 0 saturated carbocycles. The molecule has 1 aromatic heterocycles. The Morgan fingerprint density at radius 2 is 1.16 bits per heavy atom. The molecule has 0 bridgehead atoms. The molecule has 0 fully saturated rings. The van der Waals surface area contributed by atoms with Crippen LogP contribution in [0.3, 0.4) is 0 Å². The van der Waals surface area contributed by atoms with Crippen molar-refractivity contribution in [1.82, 2.24) is 4.98 Å². The fraction of sp³-hybridized carbons (Fsp3) is 0.143. The average molecular weight is 331 g/mol. The molecule has 4 rings (SSSR count). The third-order valence-corrected chi connectivity index (χ3v) is 4.07. The molecule has 0 aliphatic carbocycles. The summed E-state index contributed by atoms with van der Waals surface area (Å²) >= 11 is 0. The molecule has 3 aromatic rings. The smallest absolute Gasteiger partial charge is 0.146 e. The number of aromatic amines is 1. The van der Waals surface area contributed by atoms with E-state index in [1.807, 2.05) is 50.2 Å². The number of hydrogen-bond donors (Lipinski definition) is 1. The first-order valence-corrected chi connectivity index (χ1v) is 8.13. The van der Waals surface area contributed by atoms with Gasteiger partial charge in [-0.05, 0) is 31.5 Å². The molecule has 0 amide bonds. The molecule has 0 atom stereocenters. The van der Waals surface area contributed by atoms with Crippen molar-refractivity contribution >= 4 is 11.4 Å². The highest BCUT2D eigenvalue weighted by Crippen LogP contribution is 2.26. The van der Waals surface area contributed by atoms with Crippen molar-refractivity contribution in [3.05, 3.63) is 84.1 Å². The summed E-state index contributed by atoms with van der Waals surface area (Å²) < 4.78 is 0. The van der Waals surface area contributed by atoms with E-state index in [-0.39, 0.29) is 5.48 Å². The summed E-state index contributed by atoms with van der Waals surface area (Å²) in [6.45, 7) is 4.06. The Morgan fingerprint density at radius 3 is 1.80 bits per heavy atom. The monoisotopic (exact) mass is 331 g/mol. The van der Waals surface area contributed by atoms with Gasteiger partial charge in [0, 0.05) is 11.3 Å². The second-order valence-corrected chi connectivity index (χ2v) is 6.43. The lowest BCUT2D eigenvalue weighted by molar-refractivity contribution is 0.566. The summed E-state index contributed by atoms with van der Waals surface area (Å²) in [5.41, 5.74) is 5.79. The Kier molecular flexibility index (Phi) is 4.38. The standard InChI is InChI=1S/C21H19N3.H2O/c1-21(2)23-19(16-11-7-4-8-12-16)20(24-21)18-14-13-17(22-18)15-9-5-3-6-10-15;/h3-14,22H,1-2H3;1H2. The molecule has 2 aromatic carbocycles. The maximum Gasteiger partial charge on any atom is 0.146 e. The summed E-state index contributed by atoms with van der Waals surface area (Å²) in [6, 6.07) is 24.7. The normalized spacial score (nSPS) is 15.3. The fourth-order valence-corrected chi connectivity index (χ4v) is 2.98. The highest BCUT2D eigenvalue weighted by atomic mass is 16.0. The lowest BCUT2D eigenvalue weighted by Crippen LogP contribution is -2.14. The SMILES string of the molecule is CC1(C)N=C(c2ccccc2)C(c2ccc(-c3ccccc3)[nH]2)=N1.O. The molecule has 1 aliphatic heterocycles. The molecule has 3 N–H and O–H groups in total. The minimum atomic E-state index is -0.432. The van der Waals surface area contributed by atoms with Crippen LogP contribution in [0.5, 0.6) is 0 Å². The minimum Gasteiger partial charge on any atom is -0.412 e. The fourth-order valence-electron chi connectivity index (χ4n) is 2.98. The van der Waals surface area contributed by atoms with Gasteiger partial charge >= 0.3 is 0 Å². The molecular formula is C21H21N3O. The topological polar surface area (TPSA) is 72.0 Å². The lowest BCUT2D eigenvalue weighted by Gasteiger charge is -2.07. The quantitative estimate of drug-likeness (QED) is 0.756.